The van der Waals surface area contributed by atoms with Crippen molar-refractivity contribution in [3.63, 3.8) is 0 Å². The average molecular weight is 491 g/mol. The molecule has 0 spiro atoms. The Morgan fingerprint density at radius 1 is 1.06 bits per heavy atom. The first kappa shape index (κ1) is 24.4. The fraction of sp³-hybridized carbons (Fsp3) is 0.222. The Morgan fingerprint density at radius 3 is 2.49 bits per heavy atom. The Bertz CT molecular complexity index is 1290. The number of aliphatic imine (C=N–C) groups is 1. The molecule has 1 aliphatic heterocycles. The number of amides is 1. The Kier molecular flexibility index (Phi) is 7.19. The third kappa shape index (κ3) is 5.70. The van der Waals surface area contributed by atoms with Crippen molar-refractivity contribution in [3.05, 3.63) is 88.4 Å². The molecule has 0 bridgehead atoms. The van der Waals surface area contributed by atoms with E-state index in [1.807, 2.05) is 68.7 Å². The van der Waals surface area contributed by atoms with E-state index in [4.69, 9.17) is 16.6 Å². The lowest BCUT2D eigenvalue weighted by Crippen LogP contribution is -2.26. The summed E-state index contributed by atoms with van der Waals surface area (Å²) in [7, 11) is 5.75. The van der Waals surface area contributed by atoms with Gasteiger partial charge in [0.05, 0.1) is 11.4 Å². The topological polar surface area (TPSA) is 85.2 Å². The number of carboxylic acids is 1. The van der Waals surface area contributed by atoms with Crippen LogP contribution in [0.4, 0.5) is 17.1 Å². The van der Waals surface area contributed by atoms with Gasteiger partial charge in [-0.3, -0.25) is 14.6 Å². The van der Waals surface area contributed by atoms with E-state index < -0.39 is 11.9 Å². The number of anilines is 2. The normalized spacial score (nSPS) is 15.2. The Balaban J connectivity index is 1.80. The van der Waals surface area contributed by atoms with Gasteiger partial charge in [-0.25, -0.2) is 0 Å². The highest BCUT2D eigenvalue weighted by Crippen LogP contribution is 2.38. The maximum absolute atomic E-state index is 13.2. The van der Waals surface area contributed by atoms with E-state index in [1.54, 1.807) is 24.1 Å². The van der Waals surface area contributed by atoms with Crippen LogP contribution in [0.25, 0.3) is 0 Å². The SMILES string of the molecule is CN(C)Cc1ccc(N=C(c2cccc(N(C)CC(=O)O)c2)C2C(=O)Nc3cc(Cl)ccc32)cc1. The van der Waals surface area contributed by atoms with Gasteiger partial charge in [0.2, 0.25) is 5.91 Å². The summed E-state index contributed by atoms with van der Waals surface area (Å²) in [6.07, 6.45) is 0. The van der Waals surface area contributed by atoms with Gasteiger partial charge in [-0.05, 0) is 67.2 Å². The molecule has 0 aromatic heterocycles. The highest BCUT2D eigenvalue weighted by Gasteiger charge is 2.35. The van der Waals surface area contributed by atoms with Gasteiger partial charge in [-0.2, -0.15) is 0 Å². The molecule has 3 aromatic carbocycles. The highest BCUT2D eigenvalue weighted by molar-refractivity contribution is 6.31. The molecule has 180 valence electrons. The summed E-state index contributed by atoms with van der Waals surface area (Å²) in [5, 5.41) is 12.7. The second-order valence-electron chi connectivity index (χ2n) is 8.86. The van der Waals surface area contributed by atoms with Crippen LogP contribution in [0.15, 0.2) is 71.7 Å². The Morgan fingerprint density at radius 2 is 1.80 bits per heavy atom. The van der Waals surface area contributed by atoms with Crippen LogP contribution in [0.1, 0.15) is 22.6 Å². The molecule has 3 aromatic rings. The molecule has 1 aliphatic rings. The molecule has 4 rings (SSSR count). The number of carboxylic acid groups (broad SMARTS) is 1. The van der Waals surface area contributed by atoms with E-state index >= 15 is 0 Å². The van der Waals surface area contributed by atoms with Crippen molar-refractivity contribution >= 4 is 46.3 Å². The smallest absolute Gasteiger partial charge is 0.323 e. The van der Waals surface area contributed by atoms with Crippen LogP contribution in [0.5, 0.6) is 0 Å². The van der Waals surface area contributed by atoms with Crippen molar-refractivity contribution in [2.24, 2.45) is 4.99 Å². The van der Waals surface area contributed by atoms with Crippen molar-refractivity contribution in [2.45, 2.75) is 12.5 Å². The van der Waals surface area contributed by atoms with E-state index in [0.717, 1.165) is 28.9 Å². The minimum absolute atomic E-state index is 0.144. The van der Waals surface area contributed by atoms with Crippen molar-refractivity contribution in [1.82, 2.24) is 4.90 Å². The number of rotatable bonds is 8. The van der Waals surface area contributed by atoms with Crippen molar-refractivity contribution in [2.75, 3.05) is 37.9 Å². The fourth-order valence-corrected chi connectivity index (χ4v) is 4.35. The van der Waals surface area contributed by atoms with Gasteiger partial charge in [0, 0.05) is 30.0 Å². The largest absolute Gasteiger partial charge is 0.480 e. The van der Waals surface area contributed by atoms with E-state index in [1.165, 1.54) is 0 Å². The van der Waals surface area contributed by atoms with E-state index in [2.05, 4.69) is 10.2 Å². The van der Waals surface area contributed by atoms with Gasteiger partial charge in [0.25, 0.3) is 0 Å². The predicted octanol–water partition coefficient (Wildman–Crippen LogP) is 4.78. The highest BCUT2D eigenvalue weighted by atomic mass is 35.5. The third-order valence-corrected chi connectivity index (χ3v) is 5.99. The standard InChI is InChI=1S/C27H27ClN4O3/c1-31(2)15-17-7-10-20(11-8-17)29-26(18-5-4-6-21(13-18)32(3)16-24(33)34)25-22-12-9-19(28)14-23(22)30-27(25)35/h4-14,25H,15-16H2,1-3H3,(H,30,35)(H,33,34). The summed E-state index contributed by atoms with van der Waals surface area (Å²) >= 11 is 6.15. The molecule has 0 aliphatic carbocycles. The number of benzene rings is 3. The number of likely N-dealkylation sites (N-methyl/N-ethyl adjacent to an activating group) is 1. The maximum Gasteiger partial charge on any atom is 0.323 e. The summed E-state index contributed by atoms with van der Waals surface area (Å²) in [5.41, 5.74) is 5.38. The van der Waals surface area contributed by atoms with Crippen LogP contribution >= 0.6 is 11.6 Å². The quantitative estimate of drug-likeness (QED) is 0.444. The van der Waals surface area contributed by atoms with Crippen LogP contribution in [-0.2, 0) is 16.1 Å². The van der Waals surface area contributed by atoms with Gasteiger partial charge in [-0.1, -0.05) is 41.9 Å². The van der Waals surface area contributed by atoms with Gasteiger partial charge >= 0.3 is 5.97 Å². The Hall–Kier alpha value is -3.68. The number of nitrogens with zero attached hydrogens (tertiary/aromatic N) is 3. The predicted molar refractivity (Wildman–Crippen MR) is 140 cm³/mol. The van der Waals surface area contributed by atoms with Gasteiger partial charge < -0.3 is 20.2 Å². The maximum atomic E-state index is 13.2. The average Bonchev–Trinajstić information content (AvgIpc) is 3.12. The number of nitrogens with one attached hydrogen (secondary N) is 1. The lowest BCUT2D eigenvalue weighted by Gasteiger charge is -2.19. The first-order chi connectivity index (χ1) is 16.7. The summed E-state index contributed by atoms with van der Waals surface area (Å²) in [6, 6.07) is 20.7. The molecular weight excluding hydrogens is 464 g/mol. The first-order valence-electron chi connectivity index (χ1n) is 11.2. The van der Waals surface area contributed by atoms with Crippen LogP contribution < -0.4 is 10.2 Å². The van der Waals surface area contributed by atoms with Gasteiger partial charge in [0.1, 0.15) is 12.5 Å². The van der Waals surface area contributed by atoms with Gasteiger partial charge in [-0.15, -0.1) is 0 Å². The molecule has 1 amide bonds. The van der Waals surface area contributed by atoms with Crippen molar-refractivity contribution in [3.8, 4) is 0 Å². The zero-order valence-electron chi connectivity index (χ0n) is 19.8. The lowest BCUT2D eigenvalue weighted by atomic mass is 9.90. The van der Waals surface area contributed by atoms with Crippen LogP contribution in [0.3, 0.4) is 0 Å². The monoisotopic (exact) mass is 490 g/mol. The number of hydrogen-bond acceptors (Lipinski definition) is 5. The molecule has 1 unspecified atom stereocenters. The zero-order chi connectivity index (χ0) is 25.1. The molecule has 35 heavy (non-hydrogen) atoms. The first-order valence-corrected chi connectivity index (χ1v) is 11.5. The summed E-state index contributed by atoms with van der Waals surface area (Å²) in [5.74, 6) is -1.75. The van der Waals surface area contributed by atoms with Gasteiger partial charge in [0.15, 0.2) is 0 Å². The number of hydrogen-bond donors (Lipinski definition) is 2. The number of halogens is 1. The number of fused-ring (bicyclic) bond motifs is 1. The molecule has 1 atom stereocenters. The molecule has 0 saturated carbocycles. The molecule has 0 radical (unpaired) electrons. The van der Waals surface area contributed by atoms with Crippen LogP contribution in [-0.4, -0.2) is 55.3 Å². The van der Waals surface area contributed by atoms with Crippen LogP contribution in [0, 0.1) is 0 Å². The molecular formula is C27H27ClN4O3. The number of carbonyl (C=O) groups is 2. The zero-order valence-corrected chi connectivity index (χ0v) is 20.6. The molecule has 0 fully saturated rings. The fourth-order valence-electron chi connectivity index (χ4n) is 4.18. The summed E-state index contributed by atoms with van der Waals surface area (Å²) in [4.78, 5) is 33.1. The van der Waals surface area contributed by atoms with Crippen LogP contribution in [0.2, 0.25) is 5.02 Å². The summed E-state index contributed by atoms with van der Waals surface area (Å²) in [6.45, 7) is 0.669. The molecule has 2 N–H and O–H groups in total. The molecule has 0 saturated heterocycles. The number of aliphatic carboxylic acids is 1. The van der Waals surface area contributed by atoms with Crippen molar-refractivity contribution in [1.29, 1.82) is 0 Å². The number of carbonyl (C=O) groups excluding carboxylic acids is 1. The second kappa shape index (κ2) is 10.3. The minimum atomic E-state index is -0.925. The lowest BCUT2D eigenvalue weighted by molar-refractivity contribution is -0.135. The van der Waals surface area contributed by atoms with E-state index in [-0.39, 0.29) is 12.5 Å². The van der Waals surface area contributed by atoms with Crippen molar-refractivity contribution < 1.29 is 14.7 Å². The third-order valence-electron chi connectivity index (χ3n) is 5.76. The second-order valence-corrected chi connectivity index (χ2v) is 9.29. The molecule has 7 nitrogen and oxygen atoms in total. The van der Waals surface area contributed by atoms with E-state index in [9.17, 15) is 14.7 Å². The summed E-state index contributed by atoms with van der Waals surface area (Å²) < 4.78 is 0. The Labute approximate surface area is 209 Å². The van der Waals surface area contributed by atoms with E-state index in [0.29, 0.717) is 22.1 Å². The molecule has 1 heterocycles. The molecule has 8 heteroatoms. The minimum Gasteiger partial charge on any atom is -0.480 e.